The molecule has 2 aromatic rings. The van der Waals surface area contributed by atoms with Gasteiger partial charge in [0.05, 0.1) is 5.52 Å². The molecule has 0 fully saturated rings. The third kappa shape index (κ3) is 3.14. The van der Waals surface area contributed by atoms with E-state index in [9.17, 15) is 14.1 Å². The molecular weight excluding hydrogens is 276 g/mol. The van der Waals surface area contributed by atoms with E-state index in [-0.39, 0.29) is 10.8 Å². The monoisotopic (exact) mass is 292 g/mol. The van der Waals surface area contributed by atoms with Gasteiger partial charge >= 0.3 is 5.97 Å². The number of hydrogen-bond donors (Lipinski definition) is 2. The van der Waals surface area contributed by atoms with Gasteiger partial charge in [0.15, 0.2) is 0 Å². The summed E-state index contributed by atoms with van der Waals surface area (Å²) in [5, 5.41) is 12.9. The van der Waals surface area contributed by atoms with Crippen molar-refractivity contribution in [2.24, 2.45) is 0 Å². The highest BCUT2D eigenvalue weighted by Gasteiger charge is 2.14. The molecule has 0 radical (unpaired) electrons. The second-order valence-corrected chi connectivity index (χ2v) is 6.37. The van der Waals surface area contributed by atoms with E-state index in [0.717, 1.165) is 10.9 Å². The van der Waals surface area contributed by atoms with Gasteiger partial charge in [-0.25, -0.2) is 9.78 Å². The number of pyridine rings is 1. The topological polar surface area (TPSA) is 79.3 Å². The zero-order valence-corrected chi connectivity index (χ0v) is 12.1. The van der Waals surface area contributed by atoms with Crippen molar-refractivity contribution in [3.63, 3.8) is 0 Å². The summed E-state index contributed by atoms with van der Waals surface area (Å²) in [6.07, 6.45) is 1.62. The Bertz CT molecular complexity index is 673. The summed E-state index contributed by atoms with van der Waals surface area (Å²) in [6, 6.07) is 8.94. The summed E-state index contributed by atoms with van der Waals surface area (Å²) in [5.74, 6) is -0.718. The van der Waals surface area contributed by atoms with Crippen LogP contribution in [0.5, 0.6) is 0 Å². The van der Waals surface area contributed by atoms with Crippen molar-refractivity contribution in [1.29, 1.82) is 0 Å². The van der Waals surface area contributed by atoms with Crippen LogP contribution in [0.25, 0.3) is 10.9 Å². The third-order valence-corrected chi connectivity index (χ3v) is 4.38. The van der Waals surface area contributed by atoms with Crippen molar-refractivity contribution in [2.45, 2.75) is 12.2 Å². The van der Waals surface area contributed by atoms with Gasteiger partial charge in [-0.3, -0.25) is 4.21 Å². The second kappa shape index (κ2) is 6.00. The minimum atomic E-state index is -1.03. The minimum Gasteiger partial charge on any atom is -0.478 e. The highest BCUT2D eigenvalue weighted by molar-refractivity contribution is 7.84. The van der Waals surface area contributed by atoms with E-state index in [2.05, 4.69) is 10.3 Å². The Morgan fingerprint density at radius 3 is 2.80 bits per heavy atom. The zero-order valence-electron chi connectivity index (χ0n) is 11.3. The molecule has 0 bridgehead atoms. The second-order valence-electron chi connectivity index (χ2n) is 4.57. The van der Waals surface area contributed by atoms with Crippen LogP contribution >= 0.6 is 0 Å². The van der Waals surface area contributed by atoms with Gasteiger partial charge in [-0.05, 0) is 19.1 Å². The molecule has 5 nitrogen and oxygen atoms in total. The quantitative estimate of drug-likeness (QED) is 0.882. The van der Waals surface area contributed by atoms with Crippen LogP contribution in [-0.2, 0) is 10.8 Å². The van der Waals surface area contributed by atoms with Crippen molar-refractivity contribution in [3.8, 4) is 0 Å². The van der Waals surface area contributed by atoms with Crippen molar-refractivity contribution >= 4 is 33.5 Å². The number of hydrogen-bond acceptors (Lipinski definition) is 4. The molecule has 6 heteroatoms. The standard InChI is InChI=1S/C14H16N2O3S/c1-9(20(2)19)8-15-13-11(14(17)18)7-10-5-3-4-6-12(10)16-13/h3-7,9H,8H2,1-2H3,(H,15,16)(H,17,18). The largest absolute Gasteiger partial charge is 0.478 e. The maximum atomic E-state index is 11.3. The fourth-order valence-electron chi connectivity index (χ4n) is 1.77. The van der Waals surface area contributed by atoms with E-state index in [4.69, 9.17) is 0 Å². The Balaban J connectivity index is 2.37. The van der Waals surface area contributed by atoms with E-state index < -0.39 is 16.8 Å². The van der Waals surface area contributed by atoms with Crippen LogP contribution in [0.1, 0.15) is 17.3 Å². The number of benzene rings is 1. The maximum absolute atomic E-state index is 11.3. The molecule has 1 aromatic carbocycles. The van der Waals surface area contributed by atoms with Gasteiger partial charge in [0.1, 0.15) is 11.4 Å². The summed E-state index contributed by atoms with van der Waals surface area (Å²) >= 11 is 0. The highest BCUT2D eigenvalue weighted by atomic mass is 32.2. The van der Waals surface area contributed by atoms with Gasteiger partial charge in [-0.15, -0.1) is 0 Å². The average molecular weight is 292 g/mol. The molecule has 106 valence electrons. The molecule has 2 rings (SSSR count). The number of nitrogens with zero attached hydrogens (tertiary/aromatic N) is 1. The normalized spacial score (nSPS) is 13.9. The van der Waals surface area contributed by atoms with Gasteiger partial charge in [0, 0.05) is 34.2 Å². The van der Waals surface area contributed by atoms with Gasteiger partial charge in [0.2, 0.25) is 0 Å². The molecule has 1 aromatic heterocycles. The van der Waals surface area contributed by atoms with E-state index in [1.807, 2.05) is 31.2 Å². The maximum Gasteiger partial charge on any atom is 0.339 e. The summed E-state index contributed by atoms with van der Waals surface area (Å²) in [4.78, 5) is 15.6. The molecule has 2 atom stereocenters. The fourth-order valence-corrected chi connectivity index (χ4v) is 2.09. The lowest BCUT2D eigenvalue weighted by Crippen LogP contribution is -2.22. The minimum absolute atomic E-state index is 0.0788. The molecule has 0 amide bonds. The first-order chi connectivity index (χ1) is 9.49. The van der Waals surface area contributed by atoms with Crippen molar-refractivity contribution in [1.82, 2.24) is 4.98 Å². The van der Waals surface area contributed by atoms with Crippen LogP contribution in [0.15, 0.2) is 30.3 Å². The molecule has 0 aliphatic heterocycles. The van der Waals surface area contributed by atoms with Crippen molar-refractivity contribution < 1.29 is 14.1 Å². The predicted octanol–water partition coefficient (Wildman–Crippen LogP) is 2.11. The number of aromatic nitrogens is 1. The lowest BCUT2D eigenvalue weighted by molar-refractivity contribution is 0.0697. The number of aromatic carboxylic acids is 1. The Labute approximate surface area is 119 Å². The molecule has 2 unspecified atom stereocenters. The van der Waals surface area contributed by atoms with E-state index >= 15 is 0 Å². The van der Waals surface area contributed by atoms with Gasteiger partial charge in [0.25, 0.3) is 0 Å². The molecule has 0 aliphatic rings. The number of anilines is 1. The summed E-state index contributed by atoms with van der Waals surface area (Å²) < 4.78 is 11.3. The molecule has 0 aliphatic carbocycles. The molecule has 0 saturated heterocycles. The van der Waals surface area contributed by atoms with E-state index in [1.54, 1.807) is 12.3 Å². The van der Waals surface area contributed by atoms with Crippen LogP contribution < -0.4 is 5.32 Å². The van der Waals surface area contributed by atoms with Gasteiger partial charge in [-0.2, -0.15) is 0 Å². The first-order valence-corrected chi connectivity index (χ1v) is 7.80. The predicted molar refractivity (Wildman–Crippen MR) is 80.7 cm³/mol. The van der Waals surface area contributed by atoms with Crippen LogP contribution in [0.2, 0.25) is 0 Å². The Morgan fingerprint density at radius 2 is 2.15 bits per heavy atom. The van der Waals surface area contributed by atoms with Crippen LogP contribution in [0, 0.1) is 0 Å². The Hall–Kier alpha value is -1.95. The SMILES string of the molecule is CC(CNc1nc2ccccc2cc1C(=O)O)S(C)=O. The summed E-state index contributed by atoms with van der Waals surface area (Å²) in [7, 11) is -0.966. The van der Waals surface area contributed by atoms with Crippen molar-refractivity contribution in [2.75, 3.05) is 18.1 Å². The van der Waals surface area contributed by atoms with Crippen LogP contribution in [-0.4, -0.2) is 38.3 Å². The smallest absolute Gasteiger partial charge is 0.339 e. The Kier molecular flexibility index (Phi) is 4.34. The molecular formula is C14H16N2O3S. The zero-order chi connectivity index (χ0) is 14.7. The summed E-state index contributed by atoms with van der Waals surface area (Å²) in [6.45, 7) is 2.25. The molecule has 20 heavy (non-hydrogen) atoms. The number of carboxylic acid groups (broad SMARTS) is 1. The molecule has 1 heterocycles. The lowest BCUT2D eigenvalue weighted by atomic mass is 10.1. The molecule has 2 N–H and O–H groups in total. The van der Waals surface area contributed by atoms with Crippen LogP contribution in [0.3, 0.4) is 0 Å². The summed E-state index contributed by atoms with van der Waals surface area (Å²) in [5.41, 5.74) is 0.850. The molecule has 0 saturated carbocycles. The Morgan fingerprint density at radius 1 is 1.45 bits per heavy atom. The van der Waals surface area contributed by atoms with Gasteiger partial charge < -0.3 is 10.4 Å². The lowest BCUT2D eigenvalue weighted by Gasteiger charge is -2.13. The van der Waals surface area contributed by atoms with Crippen molar-refractivity contribution in [3.05, 3.63) is 35.9 Å². The fraction of sp³-hybridized carbons (Fsp3) is 0.286. The first kappa shape index (κ1) is 14.5. The molecule has 0 spiro atoms. The number of nitrogens with one attached hydrogen (secondary N) is 1. The van der Waals surface area contributed by atoms with Crippen LogP contribution in [0.4, 0.5) is 5.82 Å². The first-order valence-electron chi connectivity index (χ1n) is 6.18. The number of para-hydroxylation sites is 1. The third-order valence-electron chi connectivity index (χ3n) is 3.08. The number of carbonyl (C=O) groups is 1. The van der Waals surface area contributed by atoms with E-state index in [0.29, 0.717) is 12.4 Å². The number of carboxylic acids is 1. The number of fused-ring (bicyclic) bond motifs is 1. The van der Waals surface area contributed by atoms with E-state index in [1.165, 1.54) is 0 Å². The van der Waals surface area contributed by atoms with Gasteiger partial charge in [-0.1, -0.05) is 18.2 Å². The highest BCUT2D eigenvalue weighted by Crippen LogP contribution is 2.20. The average Bonchev–Trinajstić information content (AvgIpc) is 2.43. The number of rotatable bonds is 5.